The Morgan fingerprint density at radius 2 is 2.04 bits per heavy atom. The number of nitrogens with zero attached hydrogens (tertiary/aromatic N) is 1. The van der Waals surface area contributed by atoms with Gasteiger partial charge in [-0.2, -0.15) is 0 Å². The van der Waals surface area contributed by atoms with Gasteiger partial charge in [-0.1, -0.05) is 18.1 Å². The van der Waals surface area contributed by atoms with Gasteiger partial charge in [0, 0.05) is 6.07 Å². The summed E-state index contributed by atoms with van der Waals surface area (Å²) in [5.74, 6) is 2.56. The molecule has 0 bridgehead atoms. The molecule has 0 unspecified atom stereocenters. The third-order valence-electron chi connectivity index (χ3n) is 4.01. The van der Waals surface area contributed by atoms with Gasteiger partial charge in [0.1, 0.15) is 19.0 Å². The molecule has 0 saturated carbocycles. The summed E-state index contributed by atoms with van der Waals surface area (Å²) in [6.07, 6.45) is 1.48. The number of carbonyl (C=O) groups excluding carboxylic acids is 1. The summed E-state index contributed by atoms with van der Waals surface area (Å²) in [4.78, 5) is 12.3. The average molecular weight is 345 g/mol. The third-order valence-corrected chi connectivity index (χ3v) is 4.01. The molecule has 1 aliphatic heterocycles. The number of ether oxygens (including phenoxy) is 2. The molecule has 0 aliphatic carbocycles. The fraction of sp³-hybridized carbons (Fsp3) is 0.444. The zero-order valence-electron chi connectivity index (χ0n) is 14.5. The third kappa shape index (κ3) is 4.51. The number of rotatable bonds is 7. The lowest BCUT2D eigenvalue weighted by atomic mass is 10.1. The van der Waals surface area contributed by atoms with Crippen molar-refractivity contribution in [2.24, 2.45) is 0 Å². The second kappa shape index (κ2) is 8.02. The van der Waals surface area contributed by atoms with Crippen LogP contribution in [0.15, 0.2) is 28.8 Å². The number of nitrogens with one attached hydrogen (secondary N) is 2. The number of carbonyl (C=O) groups is 1. The van der Waals surface area contributed by atoms with Crippen LogP contribution in [0.4, 0.5) is 5.82 Å². The van der Waals surface area contributed by atoms with Crippen molar-refractivity contribution in [2.75, 3.05) is 25.1 Å². The van der Waals surface area contributed by atoms with Gasteiger partial charge in [-0.05, 0) is 44.0 Å². The van der Waals surface area contributed by atoms with Crippen LogP contribution in [0.25, 0.3) is 0 Å². The van der Waals surface area contributed by atoms with Crippen LogP contribution in [0.3, 0.4) is 0 Å². The number of aryl methyl sites for hydroxylation is 1. The molecule has 2 N–H and O–H groups in total. The number of anilines is 1. The predicted octanol–water partition coefficient (Wildman–Crippen LogP) is 2.30. The SMILES string of the molecule is CC[C@@H](NCCc1ccc2c(c1)OCCO2)C(=O)Nc1cc(C)on1. The lowest BCUT2D eigenvalue weighted by Gasteiger charge is -2.19. The number of amides is 1. The minimum atomic E-state index is -0.283. The van der Waals surface area contributed by atoms with Gasteiger partial charge in [0.2, 0.25) is 5.91 Å². The zero-order chi connectivity index (χ0) is 17.6. The second-order valence-corrected chi connectivity index (χ2v) is 5.96. The van der Waals surface area contributed by atoms with Gasteiger partial charge in [0.15, 0.2) is 17.3 Å². The average Bonchev–Trinajstić information content (AvgIpc) is 3.03. The molecule has 134 valence electrons. The maximum atomic E-state index is 12.3. The summed E-state index contributed by atoms with van der Waals surface area (Å²) in [5, 5.41) is 9.82. The Labute approximate surface area is 146 Å². The second-order valence-electron chi connectivity index (χ2n) is 5.96. The first-order chi connectivity index (χ1) is 12.2. The smallest absolute Gasteiger partial charge is 0.242 e. The topological polar surface area (TPSA) is 85.6 Å². The van der Waals surface area contributed by atoms with E-state index in [1.807, 2.05) is 25.1 Å². The lowest BCUT2D eigenvalue weighted by Crippen LogP contribution is -2.41. The fourth-order valence-electron chi connectivity index (χ4n) is 2.70. The van der Waals surface area contributed by atoms with E-state index in [9.17, 15) is 4.79 Å². The van der Waals surface area contributed by atoms with Crippen LogP contribution in [-0.2, 0) is 11.2 Å². The largest absolute Gasteiger partial charge is 0.486 e. The fourth-order valence-corrected chi connectivity index (χ4v) is 2.70. The van der Waals surface area contributed by atoms with Crippen molar-refractivity contribution in [1.29, 1.82) is 0 Å². The monoisotopic (exact) mass is 345 g/mol. The van der Waals surface area contributed by atoms with Gasteiger partial charge in [0.05, 0.1) is 6.04 Å². The number of aromatic nitrogens is 1. The first kappa shape index (κ1) is 17.3. The summed E-state index contributed by atoms with van der Waals surface area (Å²) in [5.41, 5.74) is 1.14. The molecular formula is C18H23N3O4. The molecule has 0 fully saturated rings. The van der Waals surface area contributed by atoms with Crippen molar-refractivity contribution < 1.29 is 18.8 Å². The summed E-state index contributed by atoms with van der Waals surface area (Å²) in [7, 11) is 0. The summed E-state index contributed by atoms with van der Waals surface area (Å²) >= 11 is 0. The molecule has 1 aliphatic rings. The van der Waals surface area contributed by atoms with Crippen molar-refractivity contribution >= 4 is 11.7 Å². The first-order valence-corrected chi connectivity index (χ1v) is 8.52. The number of hydrogen-bond donors (Lipinski definition) is 2. The van der Waals surface area contributed by atoms with Crippen molar-refractivity contribution in [3.8, 4) is 11.5 Å². The Morgan fingerprint density at radius 1 is 1.24 bits per heavy atom. The van der Waals surface area contributed by atoms with Crippen LogP contribution in [0.1, 0.15) is 24.7 Å². The predicted molar refractivity (Wildman–Crippen MR) is 93.1 cm³/mol. The minimum Gasteiger partial charge on any atom is -0.486 e. The minimum absolute atomic E-state index is 0.113. The van der Waals surface area contributed by atoms with Gasteiger partial charge < -0.3 is 24.6 Å². The molecular weight excluding hydrogens is 322 g/mol. The van der Waals surface area contributed by atoms with Crippen LogP contribution in [0, 0.1) is 6.92 Å². The highest BCUT2D eigenvalue weighted by Gasteiger charge is 2.17. The van der Waals surface area contributed by atoms with Crippen molar-refractivity contribution in [1.82, 2.24) is 10.5 Å². The maximum absolute atomic E-state index is 12.3. The molecule has 0 saturated heterocycles. The lowest BCUT2D eigenvalue weighted by molar-refractivity contribution is -0.118. The quantitative estimate of drug-likeness (QED) is 0.801. The van der Waals surface area contributed by atoms with Gasteiger partial charge in [-0.25, -0.2) is 0 Å². The Balaban J connectivity index is 1.50. The summed E-state index contributed by atoms with van der Waals surface area (Å²) < 4.78 is 16.1. The Kier molecular flexibility index (Phi) is 5.55. The summed E-state index contributed by atoms with van der Waals surface area (Å²) in [6.45, 7) is 5.60. The van der Waals surface area contributed by atoms with E-state index in [-0.39, 0.29) is 11.9 Å². The zero-order valence-corrected chi connectivity index (χ0v) is 14.5. The van der Waals surface area contributed by atoms with E-state index in [2.05, 4.69) is 15.8 Å². The Morgan fingerprint density at radius 3 is 2.76 bits per heavy atom. The molecule has 7 nitrogen and oxygen atoms in total. The maximum Gasteiger partial charge on any atom is 0.242 e. The van der Waals surface area contributed by atoms with E-state index in [0.29, 0.717) is 37.8 Å². The van der Waals surface area contributed by atoms with Gasteiger partial charge in [-0.15, -0.1) is 0 Å². The number of fused-ring (bicyclic) bond motifs is 1. The van der Waals surface area contributed by atoms with Crippen LogP contribution in [-0.4, -0.2) is 36.9 Å². The molecule has 1 aromatic heterocycles. The van der Waals surface area contributed by atoms with Crippen molar-refractivity contribution in [3.63, 3.8) is 0 Å². The molecule has 25 heavy (non-hydrogen) atoms. The van der Waals surface area contributed by atoms with Crippen LogP contribution in [0.5, 0.6) is 11.5 Å². The highest BCUT2D eigenvalue weighted by atomic mass is 16.6. The van der Waals surface area contributed by atoms with Gasteiger partial charge in [-0.3, -0.25) is 4.79 Å². The number of hydrogen-bond acceptors (Lipinski definition) is 6. The molecule has 2 aromatic rings. The Hall–Kier alpha value is -2.54. The normalized spacial score (nSPS) is 14.2. The van der Waals surface area contributed by atoms with Gasteiger partial charge >= 0.3 is 0 Å². The van der Waals surface area contributed by atoms with E-state index in [1.165, 1.54) is 0 Å². The molecule has 0 spiro atoms. The highest BCUT2D eigenvalue weighted by molar-refractivity contribution is 5.93. The van der Waals surface area contributed by atoms with Crippen molar-refractivity contribution in [2.45, 2.75) is 32.7 Å². The van der Waals surface area contributed by atoms with E-state index >= 15 is 0 Å². The molecule has 2 heterocycles. The first-order valence-electron chi connectivity index (χ1n) is 8.52. The summed E-state index contributed by atoms with van der Waals surface area (Å²) in [6, 6.07) is 7.36. The van der Waals surface area contributed by atoms with Crippen LogP contribution in [0.2, 0.25) is 0 Å². The van der Waals surface area contributed by atoms with Gasteiger partial charge in [0.25, 0.3) is 0 Å². The van der Waals surface area contributed by atoms with E-state index in [0.717, 1.165) is 23.5 Å². The van der Waals surface area contributed by atoms with Crippen molar-refractivity contribution in [3.05, 3.63) is 35.6 Å². The molecule has 1 aromatic carbocycles. The molecule has 7 heteroatoms. The van der Waals surface area contributed by atoms with Crippen LogP contribution < -0.4 is 20.1 Å². The molecule has 1 amide bonds. The van der Waals surface area contributed by atoms with E-state index in [4.69, 9.17) is 14.0 Å². The van der Waals surface area contributed by atoms with E-state index in [1.54, 1.807) is 13.0 Å². The molecule has 0 radical (unpaired) electrons. The highest BCUT2D eigenvalue weighted by Crippen LogP contribution is 2.30. The van der Waals surface area contributed by atoms with E-state index < -0.39 is 0 Å². The Bertz CT molecular complexity index is 729. The van der Waals surface area contributed by atoms with Crippen LogP contribution >= 0.6 is 0 Å². The molecule has 1 atom stereocenters. The number of benzene rings is 1. The molecule has 3 rings (SSSR count). The standard InChI is InChI=1S/C18H23N3O4/c1-3-14(18(22)20-17-10-12(2)25-21-17)19-7-6-13-4-5-15-16(11-13)24-9-8-23-15/h4-5,10-11,14,19H,3,6-9H2,1-2H3,(H,20,21,22)/t14-/m1/s1.